The second kappa shape index (κ2) is 8.84. The van der Waals surface area contributed by atoms with Gasteiger partial charge in [-0.05, 0) is 29.9 Å². The highest BCUT2D eigenvalue weighted by Gasteiger charge is 2.07. The summed E-state index contributed by atoms with van der Waals surface area (Å²) in [6.45, 7) is 0.635. The van der Waals surface area contributed by atoms with Crippen molar-refractivity contribution in [2.45, 2.75) is 6.54 Å². The maximum absolute atomic E-state index is 12.0. The van der Waals surface area contributed by atoms with Crippen molar-refractivity contribution in [3.05, 3.63) is 71.8 Å². The maximum atomic E-state index is 12.0. The number of methoxy groups -OCH3 is 1. The fourth-order valence-electron chi connectivity index (χ4n) is 2.14. The van der Waals surface area contributed by atoms with Crippen molar-refractivity contribution in [2.75, 3.05) is 14.2 Å². The van der Waals surface area contributed by atoms with Gasteiger partial charge in [-0.3, -0.25) is 10.1 Å². The zero-order chi connectivity index (χ0) is 17.4. The monoisotopic (exact) mass is 340 g/mol. The van der Waals surface area contributed by atoms with Crippen LogP contribution in [0.4, 0.5) is 0 Å². The first kappa shape index (κ1) is 17.7. The number of rotatable bonds is 5. The lowest BCUT2D eigenvalue weighted by Crippen LogP contribution is -2.39. The topological polar surface area (TPSA) is 41.6 Å². The lowest BCUT2D eigenvalue weighted by atomic mass is 10.2. The van der Waals surface area contributed by atoms with Crippen LogP contribution in [0.3, 0.4) is 0 Å². The number of hydrogen-bond donors (Lipinski definition) is 1. The Morgan fingerprint density at radius 2 is 1.83 bits per heavy atom. The molecule has 1 amide bonds. The number of nitrogens with zero attached hydrogens (tertiary/aromatic N) is 1. The van der Waals surface area contributed by atoms with Crippen molar-refractivity contribution in [1.82, 2.24) is 10.2 Å². The summed E-state index contributed by atoms with van der Waals surface area (Å²) in [4.78, 5) is 13.8. The first-order chi connectivity index (χ1) is 11.6. The summed E-state index contributed by atoms with van der Waals surface area (Å²) in [6, 6.07) is 17.4. The largest absolute Gasteiger partial charge is 0.496 e. The minimum atomic E-state index is -0.272. The van der Waals surface area contributed by atoms with Crippen LogP contribution in [0.1, 0.15) is 11.1 Å². The Balaban J connectivity index is 1.91. The molecule has 2 aromatic carbocycles. The molecule has 0 aromatic heterocycles. The number of amides is 1. The second-order valence-corrected chi connectivity index (χ2v) is 5.60. The summed E-state index contributed by atoms with van der Waals surface area (Å²) in [7, 11) is 3.44. The van der Waals surface area contributed by atoms with E-state index >= 15 is 0 Å². The molecule has 0 unspecified atom stereocenters. The molecule has 0 saturated carbocycles. The Kier molecular flexibility index (Phi) is 6.51. The van der Waals surface area contributed by atoms with Gasteiger partial charge in [0.05, 0.1) is 7.11 Å². The van der Waals surface area contributed by atoms with Crippen molar-refractivity contribution >= 4 is 29.3 Å². The number of para-hydroxylation sites is 1. The van der Waals surface area contributed by atoms with Gasteiger partial charge in [0.2, 0.25) is 5.91 Å². The highest BCUT2D eigenvalue weighted by atomic mass is 32.1. The molecular formula is C19H20N2O2S. The van der Waals surface area contributed by atoms with Crippen LogP contribution in [0.2, 0.25) is 0 Å². The first-order valence-corrected chi connectivity index (χ1v) is 7.92. The average Bonchev–Trinajstić information content (AvgIpc) is 2.61. The third-order valence-corrected chi connectivity index (χ3v) is 3.81. The zero-order valence-corrected chi connectivity index (χ0v) is 14.5. The molecule has 0 aliphatic rings. The van der Waals surface area contributed by atoms with Crippen LogP contribution in [0.5, 0.6) is 5.75 Å². The highest BCUT2D eigenvalue weighted by Crippen LogP contribution is 2.18. The highest BCUT2D eigenvalue weighted by molar-refractivity contribution is 7.80. The van der Waals surface area contributed by atoms with Gasteiger partial charge >= 0.3 is 0 Å². The molecule has 4 nitrogen and oxygen atoms in total. The van der Waals surface area contributed by atoms with Crippen molar-refractivity contribution in [2.24, 2.45) is 0 Å². The van der Waals surface area contributed by atoms with E-state index in [9.17, 15) is 4.79 Å². The van der Waals surface area contributed by atoms with Crippen molar-refractivity contribution < 1.29 is 9.53 Å². The second-order valence-electron chi connectivity index (χ2n) is 5.21. The van der Waals surface area contributed by atoms with Gasteiger partial charge < -0.3 is 9.64 Å². The standard InChI is InChI=1S/C19H20N2O2S/c1-21(14-15-8-4-3-5-9-15)19(24)20-18(22)13-12-16-10-6-7-11-17(16)23-2/h3-13H,14H2,1-2H3,(H,20,22,24). The number of benzene rings is 2. The normalized spacial score (nSPS) is 10.4. The van der Waals surface area contributed by atoms with E-state index in [1.165, 1.54) is 6.08 Å². The van der Waals surface area contributed by atoms with E-state index < -0.39 is 0 Å². The maximum Gasteiger partial charge on any atom is 0.250 e. The van der Waals surface area contributed by atoms with E-state index in [2.05, 4.69) is 5.32 Å². The summed E-state index contributed by atoms with van der Waals surface area (Å²) in [6.07, 6.45) is 3.15. The van der Waals surface area contributed by atoms with Gasteiger partial charge in [-0.2, -0.15) is 0 Å². The van der Waals surface area contributed by atoms with Crippen LogP contribution in [0.25, 0.3) is 6.08 Å². The third kappa shape index (κ3) is 5.21. The Hall–Kier alpha value is -2.66. The lowest BCUT2D eigenvalue weighted by molar-refractivity contribution is -0.115. The average molecular weight is 340 g/mol. The predicted octanol–water partition coefficient (Wildman–Crippen LogP) is 3.24. The summed E-state index contributed by atoms with van der Waals surface area (Å²) in [5.41, 5.74) is 1.96. The van der Waals surface area contributed by atoms with E-state index in [1.54, 1.807) is 13.2 Å². The van der Waals surface area contributed by atoms with Crippen LogP contribution in [-0.4, -0.2) is 30.1 Å². The molecule has 0 fully saturated rings. The van der Waals surface area contributed by atoms with Gasteiger partial charge in [0, 0.05) is 25.2 Å². The molecule has 5 heteroatoms. The number of carbonyl (C=O) groups is 1. The molecule has 0 aliphatic carbocycles. The summed E-state index contributed by atoms with van der Waals surface area (Å²) < 4.78 is 5.25. The Bertz CT molecular complexity index is 729. The molecule has 0 saturated heterocycles. The predicted molar refractivity (Wildman–Crippen MR) is 101 cm³/mol. The number of hydrogen-bond acceptors (Lipinski definition) is 3. The van der Waals surface area contributed by atoms with Gasteiger partial charge in [-0.15, -0.1) is 0 Å². The number of nitrogens with one attached hydrogen (secondary N) is 1. The van der Waals surface area contributed by atoms with Gasteiger partial charge in [-0.25, -0.2) is 0 Å². The minimum absolute atomic E-state index is 0.272. The van der Waals surface area contributed by atoms with Gasteiger partial charge in [0.1, 0.15) is 5.75 Å². The molecule has 0 aliphatic heterocycles. The molecule has 0 spiro atoms. The fourth-order valence-corrected chi connectivity index (χ4v) is 2.31. The number of ether oxygens (including phenoxy) is 1. The quantitative estimate of drug-likeness (QED) is 0.670. The Morgan fingerprint density at radius 1 is 1.17 bits per heavy atom. The first-order valence-electron chi connectivity index (χ1n) is 7.51. The van der Waals surface area contributed by atoms with E-state index in [0.717, 1.165) is 11.1 Å². The molecule has 1 N–H and O–H groups in total. The third-order valence-electron chi connectivity index (χ3n) is 3.39. The summed E-state index contributed by atoms with van der Waals surface area (Å²) in [5, 5.41) is 3.08. The molecule has 0 atom stereocenters. The molecule has 0 bridgehead atoms. The molecular weight excluding hydrogens is 320 g/mol. The Morgan fingerprint density at radius 3 is 2.54 bits per heavy atom. The molecule has 2 rings (SSSR count). The molecule has 24 heavy (non-hydrogen) atoms. The fraction of sp³-hybridized carbons (Fsp3) is 0.158. The minimum Gasteiger partial charge on any atom is -0.496 e. The van der Waals surface area contributed by atoms with Gasteiger partial charge in [0.25, 0.3) is 0 Å². The van der Waals surface area contributed by atoms with Crippen LogP contribution in [0, 0.1) is 0 Å². The van der Waals surface area contributed by atoms with Crippen molar-refractivity contribution in [3.63, 3.8) is 0 Å². The molecule has 2 aromatic rings. The van der Waals surface area contributed by atoms with Gasteiger partial charge in [0.15, 0.2) is 5.11 Å². The SMILES string of the molecule is COc1ccccc1C=CC(=O)NC(=S)N(C)Cc1ccccc1. The van der Waals surface area contributed by atoms with E-state index in [1.807, 2.05) is 66.5 Å². The van der Waals surface area contributed by atoms with E-state index in [-0.39, 0.29) is 5.91 Å². The number of thiocarbonyl (C=S) groups is 1. The van der Waals surface area contributed by atoms with Crippen LogP contribution in [-0.2, 0) is 11.3 Å². The van der Waals surface area contributed by atoms with Crippen LogP contribution >= 0.6 is 12.2 Å². The summed E-state index contributed by atoms with van der Waals surface area (Å²) >= 11 is 5.27. The zero-order valence-electron chi connectivity index (χ0n) is 13.7. The van der Waals surface area contributed by atoms with Gasteiger partial charge in [-0.1, -0.05) is 48.5 Å². The van der Waals surface area contributed by atoms with E-state index in [4.69, 9.17) is 17.0 Å². The lowest BCUT2D eigenvalue weighted by Gasteiger charge is -2.19. The summed E-state index contributed by atoms with van der Waals surface area (Å²) in [5.74, 6) is 0.441. The van der Waals surface area contributed by atoms with Crippen molar-refractivity contribution in [1.29, 1.82) is 0 Å². The van der Waals surface area contributed by atoms with Crippen LogP contribution in [0.15, 0.2) is 60.7 Å². The van der Waals surface area contributed by atoms with Crippen LogP contribution < -0.4 is 10.1 Å². The Labute approximate surface area is 147 Å². The number of carbonyl (C=O) groups excluding carboxylic acids is 1. The molecule has 124 valence electrons. The molecule has 0 radical (unpaired) electrons. The molecule has 0 heterocycles. The van der Waals surface area contributed by atoms with E-state index in [0.29, 0.717) is 17.4 Å². The van der Waals surface area contributed by atoms with Crippen molar-refractivity contribution in [3.8, 4) is 5.75 Å². The smallest absolute Gasteiger partial charge is 0.250 e.